The van der Waals surface area contributed by atoms with Crippen LogP contribution in [0.4, 0.5) is 0 Å². The molecule has 4 nitrogen and oxygen atoms in total. The van der Waals surface area contributed by atoms with Gasteiger partial charge in [-0.05, 0) is 27.9 Å². The molecular formula is C9H18N2O2. The summed E-state index contributed by atoms with van der Waals surface area (Å²) in [6.07, 6.45) is 1.66. The van der Waals surface area contributed by atoms with Crippen LogP contribution in [0.25, 0.3) is 0 Å². The highest BCUT2D eigenvalue weighted by Crippen LogP contribution is 1.93. The van der Waals surface area contributed by atoms with E-state index in [1.165, 1.54) is 0 Å². The number of carbonyl (C=O) groups excluding carboxylic acids is 1. The minimum absolute atomic E-state index is 0.270. The van der Waals surface area contributed by atoms with E-state index in [-0.39, 0.29) is 5.97 Å². The van der Waals surface area contributed by atoms with Crippen molar-refractivity contribution >= 4 is 5.97 Å². The second kappa shape index (κ2) is 6.48. The first-order chi connectivity index (χ1) is 6.07. The van der Waals surface area contributed by atoms with Gasteiger partial charge >= 0.3 is 5.97 Å². The summed E-state index contributed by atoms with van der Waals surface area (Å²) in [5, 5.41) is 2.99. The molecule has 0 aromatic rings. The Morgan fingerprint density at radius 1 is 1.54 bits per heavy atom. The molecule has 0 aliphatic rings. The molecule has 0 unspecified atom stereocenters. The molecule has 0 saturated heterocycles. The quantitative estimate of drug-likeness (QED) is 0.387. The van der Waals surface area contributed by atoms with E-state index in [1.54, 1.807) is 20.0 Å². The standard InChI is InChI=1S/C9H18N2O2/c1-5-13-9(12)8(2)6-10-7-11(3)4/h6,10H,5,7H2,1-4H3. The molecule has 0 saturated carbocycles. The summed E-state index contributed by atoms with van der Waals surface area (Å²) in [5.41, 5.74) is 0.587. The van der Waals surface area contributed by atoms with Crippen LogP contribution in [0.1, 0.15) is 13.8 Å². The molecule has 0 bridgehead atoms. The molecule has 0 spiro atoms. The lowest BCUT2D eigenvalue weighted by Crippen LogP contribution is -2.24. The highest BCUT2D eigenvalue weighted by atomic mass is 16.5. The van der Waals surface area contributed by atoms with Crippen LogP contribution in [0.5, 0.6) is 0 Å². The smallest absolute Gasteiger partial charge is 0.335 e. The van der Waals surface area contributed by atoms with Crippen molar-refractivity contribution in [3.63, 3.8) is 0 Å². The van der Waals surface area contributed by atoms with Crippen LogP contribution in [-0.2, 0) is 9.53 Å². The van der Waals surface area contributed by atoms with Crippen LogP contribution in [0.2, 0.25) is 0 Å². The van der Waals surface area contributed by atoms with Crippen LogP contribution >= 0.6 is 0 Å². The zero-order valence-corrected chi connectivity index (χ0v) is 8.76. The van der Waals surface area contributed by atoms with Gasteiger partial charge in [0.1, 0.15) is 0 Å². The van der Waals surface area contributed by atoms with E-state index in [4.69, 9.17) is 4.74 Å². The van der Waals surface area contributed by atoms with Crippen molar-refractivity contribution in [1.29, 1.82) is 0 Å². The first-order valence-electron chi connectivity index (χ1n) is 4.30. The molecule has 76 valence electrons. The van der Waals surface area contributed by atoms with Crippen molar-refractivity contribution in [3.8, 4) is 0 Å². The van der Waals surface area contributed by atoms with Crippen molar-refractivity contribution < 1.29 is 9.53 Å². The molecule has 0 fully saturated rings. The fraction of sp³-hybridized carbons (Fsp3) is 0.667. The highest BCUT2D eigenvalue weighted by molar-refractivity contribution is 5.87. The number of hydrogen-bond acceptors (Lipinski definition) is 4. The van der Waals surface area contributed by atoms with Gasteiger partial charge in [0, 0.05) is 11.8 Å². The fourth-order valence-corrected chi connectivity index (χ4v) is 0.685. The molecule has 0 aromatic heterocycles. The van der Waals surface area contributed by atoms with Crippen molar-refractivity contribution in [2.24, 2.45) is 0 Å². The minimum atomic E-state index is -0.270. The maximum atomic E-state index is 11.1. The topological polar surface area (TPSA) is 41.6 Å². The van der Waals surface area contributed by atoms with Crippen molar-refractivity contribution in [2.45, 2.75) is 13.8 Å². The normalized spacial score (nSPS) is 11.6. The Bertz CT molecular complexity index is 188. The van der Waals surface area contributed by atoms with E-state index in [1.807, 2.05) is 19.0 Å². The van der Waals surface area contributed by atoms with Crippen molar-refractivity contribution in [2.75, 3.05) is 27.4 Å². The Balaban J connectivity index is 3.80. The van der Waals surface area contributed by atoms with E-state index >= 15 is 0 Å². The number of esters is 1. The average molecular weight is 186 g/mol. The van der Waals surface area contributed by atoms with Gasteiger partial charge < -0.3 is 10.1 Å². The first kappa shape index (κ1) is 12.0. The third-order valence-corrected chi connectivity index (χ3v) is 1.32. The van der Waals surface area contributed by atoms with Crippen molar-refractivity contribution in [1.82, 2.24) is 10.2 Å². The predicted octanol–water partition coefficient (Wildman–Crippen LogP) is 0.562. The van der Waals surface area contributed by atoms with Gasteiger partial charge in [0.25, 0.3) is 0 Å². The van der Waals surface area contributed by atoms with E-state index in [2.05, 4.69) is 5.32 Å². The minimum Gasteiger partial charge on any atom is -0.463 e. The van der Waals surface area contributed by atoms with Crippen LogP contribution < -0.4 is 5.32 Å². The zero-order chi connectivity index (χ0) is 10.3. The Kier molecular flexibility index (Phi) is 5.97. The van der Waals surface area contributed by atoms with Crippen molar-refractivity contribution in [3.05, 3.63) is 11.8 Å². The van der Waals surface area contributed by atoms with Crippen LogP contribution in [0.3, 0.4) is 0 Å². The van der Waals surface area contributed by atoms with Gasteiger partial charge in [-0.3, -0.25) is 4.90 Å². The van der Waals surface area contributed by atoms with E-state index < -0.39 is 0 Å². The monoisotopic (exact) mass is 186 g/mol. The number of ether oxygens (including phenoxy) is 1. The Morgan fingerprint density at radius 3 is 2.62 bits per heavy atom. The largest absolute Gasteiger partial charge is 0.463 e. The van der Waals surface area contributed by atoms with Gasteiger partial charge in [0.2, 0.25) is 0 Å². The Morgan fingerprint density at radius 2 is 2.15 bits per heavy atom. The average Bonchev–Trinajstić information content (AvgIpc) is 2.04. The summed E-state index contributed by atoms with van der Waals surface area (Å²) in [6, 6.07) is 0. The van der Waals surface area contributed by atoms with E-state index in [0.717, 1.165) is 0 Å². The molecule has 0 aromatic carbocycles. The lowest BCUT2D eigenvalue weighted by atomic mass is 10.3. The van der Waals surface area contributed by atoms with Gasteiger partial charge in [-0.2, -0.15) is 0 Å². The molecule has 4 heteroatoms. The summed E-state index contributed by atoms with van der Waals surface area (Å²) in [6.45, 7) is 4.63. The second-order valence-corrected chi connectivity index (χ2v) is 2.99. The van der Waals surface area contributed by atoms with Gasteiger partial charge in [-0.15, -0.1) is 0 Å². The Labute approximate surface area is 79.6 Å². The van der Waals surface area contributed by atoms with Gasteiger partial charge in [0.05, 0.1) is 13.3 Å². The van der Waals surface area contributed by atoms with Gasteiger partial charge in [-0.1, -0.05) is 0 Å². The lowest BCUT2D eigenvalue weighted by Gasteiger charge is -2.09. The number of hydrogen-bond donors (Lipinski definition) is 1. The molecule has 0 rings (SSSR count). The van der Waals surface area contributed by atoms with E-state index in [9.17, 15) is 4.79 Å². The molecule has 0 aliphatic carbocycles. The summed E-state index contributed by atoms with van der Waals surface area (Å²) in [7, 11) is 3.89. The predicted molar refractivity (Wildman–Crippen MR) is 52.1 cm³/mol. The Hall–Kier alpha value is -1.03. The number of rotatable bonds is 5. The molecule has 0 radical (unpaired) electrons. The maximum Gasteiger partial charge on any atom is 0.335 e. The summed E-state index contributed by atoms with van der Waals surface area (Å²) in [4.78, 5) is 13.0. The molecule has 0 atom stereocenters. The number of carbonyl (C=O) groups is 1. The third-order valence-electron chi connectivity index (χ3n) is 1.32. The van der Waals surface area contributed by atoms with Crippen LogP contribution in [-0.4, -0.2) is 38.2 Å². The SMILES string of the molecule is CCOC(=O)C(C)=CNCN(C)C. The molecule has 13 heavy (non-hydrogen) atoms. The van der Waals surface area contributed by atoms with Gasteiger partial charge in [-0.25, -0.2) is 4.79 Å². The second-order valence-electron chi connectivity index (χ2n) is 2.99. The molecule has 0 aliphatic heterocycles. The molecule has 1 N–H and O–H groups in total. The molecule has 0 amide bonds. The number of nitrogens with one attached hydrogen (secondary N) is 1. The van der Waals surface area contributed by atoms with Gasteiger partial charge in [0.15, 0.2) is 0 Å². The first-order valence-corrected chi connectivity index (χ1v) is 4.30. The summed E-state index contributed by atoms with van der Waals surface area (Å²) >= 11 is 0. The zero-order valence-electron chi connectivity index (χ0n) is 8.76. The molecular weight excluding hydrogens is 168 g/mol. The van der Waals surface area contributed by atoms with E-state index in [0.29, 0.717) is 18.8 Å². The highest BCUT2D eigenvalue weighted by Gasteiger charge is 2.02. The maximum absolute atomic E-state index is 11.1. The summed E-state index contributed by atoms with van der Waals surface area (Å²) < 4.78 is 4.80. The van der Waals surface area contributed by atoms with Crippen LogP contribution in [0.15, 0.2) is 11.8 Å². The number of nitrogens with zero attached hydrogens (tertiary/aromatic N) is 1. The fourth-order valence-electron chi connectivity index (χ4n) is 0.685. The third kappa shape index (κ3) is 6.16. The molecule has 0 heterocycles. The van der Waals surface area contributed by atoms with Crippen LogP contribution in [0, 0.1) is 0 Å². The summed E-state index contributed by atoms with van der Waals surface area (Å²) in [5.74, 6) is -0.270. The lowest BCUT2D eigenvalue weighted by molar-refractivity contribution is -0.138.